The van der Waals surface area contributed by atoms with Crippen molar-refractivity contribution in [2.24, 2.45) is 0 Å². The van der Waals surface area contributed by atoms with Crippen molar-refractivity contribution >= 4 is 29.0 Å². The van der Waals surface area contributed by atoms with Crippen molar-refractivity contribution in [1.29, 1.82) is 0 Å². The summed E-state index contributed by atoms with van der Waals surface area (Å²) in [6.45, 7) is 2.51. The topological polar surface area (TPSA) is 75.6 Å². The molecule has 6 nitrogen and oxygen atoms in total. The van der Waals surface area contributed by atoms with Crippen LogP contribution in [0.1, 0.15) is 40.6 Å². The number of aromatic amines is 1. The number of H-pyrrole nitrogens is 1. The molecule has 2 heterocycles. The van der Waals surface area contributed by atoms with Gasteiger partial charge in [0.1, 0.15) is 5.82 Å². The number of hydrogen-bond acceptors (Lipinski definition) is 4. The van der Waals surface area contributed by atoms with Crippen molar-refractivity contribution in [1.82, 2.24) is 25.1 Å². The van der Waals surface area contributed by atoms with E-state index < -0.39 is 0 Å². The lowest BCUT2D eigenvalue weighted by Gasteiger charge is -2.11. The molecule has 5 rings (SSSR count). The van der Waals surface area contributed by atoms with Gasteiger partial charge in [0, 0.05) is 30.0 Å². The van der Waals surface area contributed by atoms with Gasteiger partial charge in [-0.05, 0) is 50.2 Å². The zero-order valence-electron chi connectivity index (χ0n) is 17.3. The summed E-state index contributed by atoms with van der Waals surface area (Å²) >= 11 is 5.34. The molecule has 2 aromatic heterocycles. The lowest BCUT2D eigenvalue weighted by Crippen LogP contribution is -2.27. The minimum Gasteiger partial charge on any atom is -0.352 e. The summed E-state index contributed by atoms with van der Waals surface area (Å²) in [6.07, 6.45) is 2.90. The van der Waals surface area contributed by atoms with Gasteiger partial charge in [-0.2, -0.15) is 5.10 Å². The molecule has 1 aliphatic rings. The molecule has 1 amide bonds. The Morgan fingerprint density at radius 2 is 2.00 bits per heavy atom. The molecule has 0 saturated heterocycles. The van der Waals surface area contributed by atoms with Crippen molar-refractivity contribution in [3.63, 3.8) is 0 Å². The molecule has 0 radical (unpaired) electrons. The predicted octanol–water partition coefficient (Wildman–Crippen LogP) is 4.77. The van der Waals surface area contributed by atoms with Crippen molar-refractivity contribution < 1.29 is 4.79 Å². The molecule has 2 N–H and O–H groups in total. The molecule has 156 valence electrons. The predicted molar refractivity (Wildman–Crippen MR) is 124 cm³/mol. The number of nitrogens with zero attached hydrogens (tertiary/aromatic N) is 3. The first-order valence-electron chi connectivity index (χ1n) is 10.5. The van der Waals surface area contributed by atoms with E-state index in [1.807, 2.05) is 61.5 Å². The smallest absolute Gasteiger partial charge is 0.252 e. The normalized spacial score (nSPS) is 13.5. The highest BCUT2D eigenvalue weighted by atomic mass is 32.1. The standard InChI is InChI=1S/C24H23N5OS/c1-15-7-10-20-18(13-15)19(14-21(26-20)16-5-3-2-4-6-16)23(30)25-12-11-22-27-28-24(31)29(22)17-8-9-17/h2-7,10,13-14,17H,8-9,11-12H2,1H3,(H,25,30)(H,28,31). The third-order valence-corrected chi connectivity index (χ3v) is 5.89. The van der Waals surface area contributed by atoms with Crippen LogP contribution in [0, 0.1) is 11.7 Å². The number of hydrogen-bond donors (Lipinski definition) is 2. The fourth-order valence-corrected chi connectivity index (χ4v) is 4.19. The van der Waals surface area contributed by atoms with Crippen LogP contribution in [0.4, 0.5) is 0 Å². The Balaban J connectivity index is 1.42. The molecule has 0 aliphatic heterocycles. The summed E-state index contributed by atoms with van der Waals surface area (Å²) in [5.41, 5.74) is 4.31. The lowest BCUT2D eigenvalue weighted by molar-refractivity contribution is 0.0955. The number of amides is 1. The number of carbonyl (C=O) groups excluding carboxylic acids is 1. The molecule has 0 bridgehead atoms. The van der Waals surface area contributed by atoms with Crippen LogP contribution in [0.5, 0.6) is 0 Å². The van der Waals surface area contributed by atoms with E-state index in [1.165, 1.54) is 0 Å². The minimum atomic E-state index is -0.109. The van der Waals surface area contributed by atoms with Gasteiger partial charge in [-0.1, -0.05) is 42.0 Å². The van der Waals surface area contributed by atoms with Crippen LogP contribution < -0.4 is 5.32 Å². The Kier molecular flexibility index (Phi) is 5.11. The maximum Gasteiger partial charge on any atom is 0.252 e. The number of fused-ring (bicyclic) bond motifs is 1. The molecule has 1 fully saturated rings. The minimum absolute atomic E-state index is 0.109. The monoisotopic (exact) mass is 429 g/mol. The maximum atomic E-state index is 13.2. The van der Waals surface area contributed by atoms with E-state index in [9.17, 15) is 4.79 Å². The lowest BCUT2D eigenvalue weighted by atomic mass is 10.0. The summed E-state index contributed by atoms with van der Waals surface area (Å²) < 4.78 is 2.74. The molecular formula is C24H23N5OS. The Hall–Kier alpha value is -3.32. The summed E-state index contributed by atoms with van der Waals surface area (Å²) in [4.78, 5) is 18.0. The van der Waals surface area contributed by atoms with Crippen molar-refractivity contribution in [2.75, 3.05) is 6.54 Å². The number of pyridine rings is 1. The van der Waals surface area contributed by atoms with Crippen LogP contribution in [-0.4, -0.2) is 32.2 Å². The second kappa shape index (κ2) is 8.07. The first-order valence-corrected chi connectivity index (χ1v) is 10.9. The van der Waals surface area contributed by atoms with Crippen LogP contribution in [-0.2, 0) is 6.42 Å². The average Bonchev–Trinajstić information content (AvgIpc) is 3.56. The zero-order valence-corrected chi connectivity index (χ0v) is 18.1. The van der Waals surface area contributed by atoms with Crippen molar-refractivity contribution in [3.05, 3.63) is 76.3 Å². The highest BCUT2D eigenvalue weighted by Gasteiger charge is 2.27. The first kappa shape index (κ1) is 19.6. The molecule has 0 atom stereocenters. The number of benzene rings is 2. The fourth-order valence-electron chi connectivity index (χ4n) is 3.89. The summed E-state index contributed by atoms with van der Waals surface area (Å²) in [5.74, 6) is 0.787. The number of carbonyl (C=O) groups is 1. The third kappa shape index (κ3) is 4.01. The van der Waals surface area contributed by atoms with Gasteiger partial charge in [0.2, 0.25) is 0 Å². The van der Waals surface area contributed by atoms with Gasteiger partial charge in [-0.15, -0.1) is 0 Å². The third-order valence-electron chi connectivity index (χ3n) is 5.60. The second-order valence-corrected chi connectivity index (χ2v) is 8.38. The van der Waals surface area contributed by atoms with Gasteiger partial charge in [-0.25, -0.2) is 4.98 Å². The molecule has 1 aliphatic carbocycles. The van der Waals surface area contributed by atoms with E-state index in [2.05, 4.69) is 20.1 Å². The number of aryl methyl sites for hydroxylation is 1. The summed E-state index contributed by atoms with van der Waals surface area (Å²) in [6, 6.07) is 18.3. The Bertz CT molecular complexity index is 1320. The van der Waals surface area contributed by atoms with Gasteiger partial charge in [0.25, 0.3) is 5.91 Å². The summed E-state index contributed by atoms with van der Waals surface area (Å²) in [7, 11) is 0. The Morgan fingerprint density at radius 1 is 1.19 bits per heavy atom. The van der Waals surface area contributed by atoms with E-state index in [-0.39, 0.29) is 5.91 Å². The first-order chi connectivity index (χ1) is 15.1. The van der Waals surface area contributed by atoms with Gasteiger partial charge in [-0.3, -0.25) is 9.89 Å². The Morgan fingerprint density at radius 3 is 2.77 bits per heavy atom. The van der Waals surface area contributed by atoms with E-state index >= 15 is 0 Å². The zero-order chi connectivity index (χ0) is 21.4. The van der Waals surface area contributed by atoms with Crippen molar-refractivity contribution in [3.8, 4) is 11.3 Å². The van der Waals surface area contributed by atoms with Crippen LogP contribution in [0.25, 0.3) is 22.2 Å². The SMILES string of the molecule is Cc1ccc2nc(-c3ccccc3)cc(C(=O)NCCc3n[nH]c(=S)n3C3CC3)c2c1. The van der Waals surface area contributed by atoms with E-state index in [0.717, 1.165) is 46.4 Å². The van der Waals surface area contributed by atoms with Gasteiger partial charge in [0.15, 0.2) is 4.77 Å². The summed E-state index contributed by atoms with van der Waals surface area (Å²) in [5, 5.41) is 11.2. The Labute approximate surface area is 185 Å². The van der Waals surface area contributed by atoms with Crippen LogP contribution in [0.15, 0.2) is 54.6 Å². The van der Waals surface area contributed by atoms with Gasteiger partial charge < -0.3 is 9.88 Å². The molecular weight excluding hydrogens is 406 g/mol. The highest BCUT2D eigenvalue weighted by molar-refractivity contribution is 7.71. The quantitative estimate of drug-likeness (QED) is 0.433. The van der Waals surface area contributed by atoms with E-state index in [0.29, 0.717) is 29.3 Å². The van der Waals surface area contributed by atoms with Crippen LogP contribution >= 0.6 is 12.2 Å². The largest absolute Gasteiger partial charge is 0.352 e. The molecule has 0 unspecified atom stereocenters. The number of aromatic nitrogens is 4. The fraction of sp³-hybridized carbons (Fsp3) is 0.250. The van der Waals surface area contributed by atoms with Crippen LogP contribution in [0.2, 0.25) is 0 Å². The molecule has 1 saturated carbocycles. The van der Waals surface area contributed by atoms with E-state index in [1.54, 1.807) is 0 Å². The molecule has 2 aromatic carbocycles. The molecule has 7 heteroatoms. The molecule has 31 heavy (non-hydrogen) atoms. The maximum absolute atomic E-state index is 13.2. The second-order valence-electron chi connectivity index (χ2n) is 7.99. The number of nitrogens with one attached hydrogen (secondary N) is 2. The highest BCUT2D eigenvalue weighted by Crippen LogP contribution is 2.35. The molecule has 4 aromatic rings. The molecule has 0 spiro atoms. The van der Waals surface area contributed by atoms with Gasteiger partial charge >= 0.3 is 0 Å². The average molecular weight is 430 g/mol. The number of rotatable bonds is 6. The van der Waals surface area contributed by atoms with Gasteiger partial charge in [0.05, 0.1) is 16.8 Å². The van der Waals surface area contributed by atoms with Crippen LogP contribution in [0.3, 0.4) is 0 Å². The van der Waals surface area contributed by atoms with E-state index in [4.69, 9.17) is 17.2 Å². The van der Waals surface area contributed by atoms with Crippen molar-refractivity contribution in [2.45, 2.75) is 32.2 Å².